The molecule has 5 heteroatoms. The number of imidazole rings is 1. The van der Waals surface area contributed by atoms with Crippen molar-refractivity contribution in [1.82, 2.24) is 14.9 Å². The number of rotatable bonds is 8. The summed E-state index contributed by atoms with van der Waals surface area (Å²) in [4.78, 5) is 16.4. The van der Waals surface area contributed by atoms with E-state index in [0.29, 0.717) is 25.8 Å². The van der Waals surface area contributed by atoms with E-state index in [2.05, 4.69) is 27.5 Å². The molecule has 0 aliphatic heterocycles. The Labute approximate surface area is 137 Å². The average Bonchev–Trinajstić information content (AvgIpc) is 2.83. The minimum atomic E-state index is -0.444. The molecule has 1 aromatic heterocycles. The van der Waals surface area contributed by atoms with Crippen LogP contribution in [0, 0.1) is 0 Å². The quantitative estimate of drug-likeness (QED) is 0.735. The first-order valence-electron chi connectivity index (χ1n) is 8.00. The van der Waals surface area contributed by atoms with Crippen LogP contribution in [0.15, 0.2) is 36.4 Å². The van der Waals surface area contributed by atoms with Crippen molar-refractivity contribution >= 4 is 16.9 Å². The number of para-hydroxylation sites is 2. The largest absolute Gasteiger partial charge is 0.393 e. The molecule has 2 N–H and O–H groups in total. The Hall–Kier alpha value is -2.14. The van der Waals surface area contributed by atoms with Crippen molar-refractivity contribution in [2.24, 2.45) is 0 Å². The number of carbonyl (C=O) groups excluding carboxylic acids is 1. The molecule has 124 valence electrons. The number of allylic oxidation sites excluding steroid dienone is 1. The van der Waals surface area contributed by atoms with Gasteiger partial charge in [-0.3, -0.25) is 4.79 Å². The van der Waals surface area contributed by atoms with Gasteiger partial charge in [0.25, 0.3) is 0 Å². The van der Waals surface area contributed by atoms with Crippen LogP contribution in [0.4, 0.5) is 0 Å². The van der Waals surface area contributed by atoms with E-state index in [-0.39, 0.29) is 5.91 Å². The lowest BCUT2D eigenvalue weighted by Crippen LogP contribution is -2.27. The number of aliphatic hydroxyl groups excluding tert-OH is 1. The molecule has 0 aliphatic carbocycles. The molecule has 2 rings (SSSR count). The summed E-state index contributed by atoms with van der Waals surface area (Å²) < 4.78 is 2.15. The first-order chi connectivity index (χ1) is 11.0. The summed E-state index contributed by atoms with van der Waals surface area (Å²) in [5.41, 5.74) is 3.12. The van der Waals surface area contributed by atoms with E-state index in [1.165, 1.54) is 0 Å². The van der Waals surface area contributed by atoms with Gasteiger partial charge >= 0.3 is 0 Å². The number of aliphatic hydroxyl groups is 1. The number of hydrogen-bond donors (Lipinski definition) is 2. The van der Waals surface area contributed by atoms with E-state index < -0.39 is 6.10 Å². The zero-order valence-corrected chi connectivity index (χ0v) is 13.9. The van der Waals surface area contributed by atoms with Gasteiger partial charge in [0.2, 0.25) is 5.91 Å². The highest BCUT2D eigenvalue weighted by atomic mass is 16.3. The Morgan fingerprint density at radius 1 is 1.43 bits per heavy atom. The van der Waals surface area contributed by atoms with Crippen LogP contribution in [0.25, 0.3) is 11.0 Å². The molecule has 0 bridgehead atoms. The average molecular weight is 315 g/mol. The standard InChI is InChI=1S/C18H25N3O2/c1-13(2)12-21-16-7-5-4-6-15(16)20-17(21)10-11-19-18(23)9-8-14(3)22/h4-7,14,22H,1,8-12H2,2-3H3,(H,19,23)/t14-/m0/s1. The number of hydrogen-bond acceptors (Lipinski definition) is 3. The van der Waals surface area contributed by atoms with Gasteiger partial charge in [0.1, 0.15) is 5.82 Å². The highest BCUT2D eigenvalue weighted by molar-refractivity contribution is 5.76. The van der Waals surface area contributed by atoms with Crippen molar-refractivity contribution in [1.29, 1.82) is 0 Å². The van der Waals surface area contributed by atoms with Gasteiger partial charge in [-0.2, -0.15) is 0 Å². The molecule has 0 fully saturated rings. The first kappa shape index (κ1) is 17.2. The third kappa shape index (κ3) is 4.93. The maximum absolute atomic E-state index is 11.7. The maximum Gasteiger partial charge on any atom is 0.220 e. The van der Waals surface area contributed by atoms with Crippen LogP contribution in [0.1, 0.15) is 32.5 Å². The summed E-state index contributed by atoms with van der Waals surface area (Å²) in [6.45, 7) is 8.94. The van der Waals surface area contributed by atoms with Gasteiger partial charge in [0, 0.05) is 25.9 Å². The predicted octanol–water partition coefficient (Wildman–Crippen LogP) is 2.43. The Kier molecular flexibility index (Phi) is 5.93. The smallest absolute Gasteiger partial charge is 0.220 e. The van der Waals surface area contributed by atoms with E-state index in [1.807, 2.05) is 25.1 Å². The number of fused-ring (bicyclic) bond motifs is 1. The SMILES string of the molecule is C=C(C)Cn1c(CCNC(=O)CC[C@H](C)O)nc2ccccc21. The summed E-state index contributed by atoms with van der Waals surface area (Å²) in [6, 6.07) is 8.02. The lowest BCUT2D eigenvalue weighted by Gasteiger charge is -2.10. The zero-order valence-electron chi connectivity index (χ0n) is 13.9. The summed E-state index contributed by atoms with van der Waals surface area (Å²) in [5, 5.41) is 12.1. The van der Waals surface area contributed by atoms with Gasteiger partial charge in [-0.25, -0.2) is 4.98 Å². The molecule has 1 aromatic carbocycles. The number of benzene rings is 1. The van der Waals surface area contributed by atoms with Crippen LogP contribution in [-0.4, -0.2) is 33.2 Å². The minimum Gasteiger partial charge on any atom is -0.393 e. The van der Waals surface area contributed by atoms with Crippen molar-refractivity contribution in [3.8, 4) is 0 Å². The molecule has 0 radical (unpaired) electrons. The fourth-order valence-electron chi connectivity index (χ4n) is 2.50. The second kappa shape index (κ2) is 7.92. The molecule has 1 heterocycles. The van der Waals surface area contributed by atoms with Crippen LogP contribution in [0.3, 0.4) is 0 Å². The monoisotopic (exact) mass is 315 g/mol. The van der Waals surface area contributed by atoms with Gasteiger partial charge in [0.15, 0.2) is 0 Å². The number of carbonyl (C=O) groups is 1. The third-order valence-corrected chi connectivity index (χ3v) is 3.62. The summed E-state index contributed by atoms with van der Waals surface area (Å²) in [7, 11) is 0. The third-order valence-electron chi connectivity index (χ3n) is 3.62. The van der Waals surface area contributed by atoms with Gasteiger partial charge in [-0.15, -0.1) is 0 Å². The lowest BCUT2D eigenvalue weighted by molar-refractivity contribution is -0.121. The van der Waals surface area contributed by atoms with E-state index in [9.17, 15) is 9.90 Å². The molecule has 0 saturated heterocycles. The summed E-state index contributed by atoms with van der Waals surface area (Å²) in [5.74, 6) is 0.915. The molecule has 1 atom stereocenters. The Morgan fingerprint density at radius 3 is 2.87 bits per heavy atom. The number of nitrogens with zero attached hydrogens (tertiary/aromatic N) is 2. The minimum absolute atomic E-state index is 0.0338. The lowest BCUT2D eigenvalue weighted by atomic mass is 10.2. The fourth-order valence-corrected chi connectivity index (χ4v) is 2.50. The topological polar surface area (TPSA) is 67.2 Å². The second-order valence-electron chi connectivity index (χ2n) is 6.05. The number of nitrogens with one attached hydrogen (secondary N) is 1. The van der Waals surface area contributed by atoms with Crippen molar-refractivity contribution in [2.75, 3.05) is 6.54 Å². The van der Waals surface area contributed by atoms with Crippen LogP contribution >= 0.6 is 0 Å². The molecule has 23 heavy (non-hydrogen) atoms. The van der Waals surface area contributed by atoms with E-state index in [0.717, 1.165) is 29.0 Å². The van der Waals surface area contributed by atoms with Crippen molar-refractivity contribution in [2.45, 2.75) is 45.8 Å². The summed E-state index contributed by atoms with van der Waals surface area (Å²) in [6.07, 6.45) is 1.06. The molecule has 0 unspecified atom stereocenters. The van der Waals surface area contributed by atoms with Crippen molar-refractivity contribution in [3.05, 3.63) is 42.2 Å². The first-order valence-corrected chi connectivity index (χ1v) is 8.00. The summed E-state index contributed by atoms with van der Waals surface area (Å²) >= 11 is 0. The number of amides is 1. The van der Waals surface area contributed by atoms with Gasteiger partial charge < -0.3 is 15.0 Å². The van der Waals surface area contributed by atoms with E-state index in [4.69, 9.17) is 0 Å². The molecular formula is C18H25N3O2. The Morgan fingerprint density at radius 2 is 2.17 bits per heavy atom. The van der Waals surface area contributed by atoms with E-state index >= 15 is 0 Å². The maximum atomic E-state index is 11.7. The van der Waals surface area contributed by atoms with Crippen LogP contribution < -0.4 is 5.32 Å². The number of aromatic nitrogens is 2. The highest BCUT2D eigenvalue weighted by Crippen LogP contribution is 2.17. The molecule has 0 aliphatic rings. The van der Waals surface area contributed by atoms with Crippen LogP contribution in [0.2, 0.25) is 0 Å². The van der Waals surface area contributed by atoms with Crippen LogP contribution in [-0.2, 0) is 17.8 Å². The molecule has 1 amide bonds. The molecule has 5 nitrogen and oxygen atoms in total. The van der Waals surface area contributed by atoms with E-state index in [1.54, 1.807) is 6.92 Å². The second-order valence-corrected chi connectivity index (χ2v) is 6.05. The van der Waals surface area contributed by atoms with Gasteiger partial charge in [-0.1, -0.05) is 24.3 Å². The van der Waals surface area contributed by atoms with Crippen LogP contribution in [0.5, 0.6) is 0 Å². The molecular weight excluding hydrogens is 290 g/mol. The van der Waals surface area contributed by atoms with Crippen molar-refractivity contribution in [3.63, 3.8) is 0 Å². The van der Waals surface area contributed by atoms with Gasteiger partial charge in [-0.05, 0) is 32.4 Å². The Bertz CT molecular complexity index is 689. The zero-order chi connectivity index (χ0) is 16.8. The molecule has 2 aromatic rings. The fraction of sp³-hybridized carbons (Fsp3) is 0.444. The predicted molar refractivity (Wildman–Crippen MR) is 92.2 cm³/mol. The highest BCUT2D eigenvalue weighted by Gasteiger charge is 2.11. The normalized spacial score (nSPS) is 12.3. The molecule has 0 saturated carbocycles. The van der Waals surface area contributed by atoms with Gasteiger partial charge in [0.05, 0.1) is 17.1 Å². The van der Waals surface area contributed by atoms with Crippen molar-refractivity contribution < 1.29 is 9.90 Å². The molecule has 0 spiro atoms. The Balaban J connectivity index is 2.02.